The zero-order valence-electron chi connectivity index (χ0n) is 15.6. The summed E-state index contributed by atoms with van der Waals surface area (Å²) in [6.07, 6.45) is 1.62. The summed E-state index contributed by atoms with van der Waals surface area (Å²) in [7, 11) is 1.80. The van der Waals surface area contributed by atoms with Gasteiger partial charge in [-0.1, -0.05) is 25.1 Å². The van der Waals surface area contributed by atoms with E-state index in [4.69, 9.17) is 5.11 Å². The number of nitrogens with zero attached hydrogens (tertiary/aromatic N) is 2. The van der Waals surface area contributed by atoms with E-state index in [0.29, 0.717) is 13.1 Å². The van der Waals surface area contributed by atoms with E-state index in [2.05, 4.69) is 37.4 Å². The predicted molar refractivity (Wildman–Crippen MR) is 97.6 cm³/mol. The van der Waals surface area contributed by atoms with Crippen molar-refractivity contribution in [1.29, 1.82) is 0 Å². The molecule has 1 aromatic rings. The molecule has 1 aliphatic rings. The van der Waals surface area contributed by atoms with Crippen molar-refractivity contribution < 1.29 is 14.7 Å². The first-order chi connectivity index (χ1) is 11.8. The van der Waals surface area contributed by atoms with Gasteiger partial charge < -0.3 is 15.3 Å². The van der Waals surface area contributed by atoms with Crippen LogP contribution in [0.4, 0.5) is 4.79 Å². The third-order valence-electron chi connectivity index (χ3n) is 5.04. The molecular weight excluding hydrogens is 318 g/mol. The minimum atomic E-state index is -0.803. The Hall–Kier alpha value is -2.08. The molecule has 0 aromatic heterocycles. The molecule has 6 nitrogen and oxygen atoms in total. The van der Waals surface area contributed by atoms with Gasteiger partial charge in [0.15, 0.2) is 0 Å². The molecular formula is C19H29N3O3. The van der Waals surface area contributed by atoms with Crippen LogP contribution in [-0.4, -0.2) is 59.1 Å². The van der Waals surface area contributed by atoms with Gasteiger partial charge in [0.05, 0.1) is 6.54 Å². The van der Waals surface area contributed by atoms with Gasteiger partial charge in [-0.05, 0) is 49.9 Å². The number of carboxylic acid groups (broad SMARTS) is 1. The molecule has 0 saturated heterocycles. The summed E-state index contributed by atoms with van der Waals surface area (Å²) in [5, 5.41) is 12.0. The maximum absolute atomic E-state index is 12.3. The molecule has 1 aromatic carbocycles. The fourth-order valence-corrected chi connectivity index (χ4v) is 3.21. The van der Waals surface area contributed by atoms with Crippen molar-refractivity contribution in [2.24, 2.45) is 0 Å². The number of carboxylic acids is 1. The maximum Gasteiger partial charge on any atom is 0.317 e. The van der Waals surface area contributed by atoms with Crippen molar-refractivity contribution in [1.82, 2.24) is 15.1 Å². The first kappa shape index (κ1) is 19.2. The van der Waals surface area contributed by atoms with Crippen molar-refractivity contribution in [3.05, 3.63) is 34.9 Å². The SMILES string of the molecule is CCN(CC(=O)O)C1CC(NC(=O)N(C)Cc2ccc(C)c(C)c2)C1. The number of aliphatic carboxylic acids is 1. The average Bonchev–Trinajstić information content (AvgIpc) is 2.51. The molecule has 0 unspecified atom stereocenters. The molecule has 0 heterocycles. The average molecular weight is 347 g/mol. The molecule has 6 heteroatoms. The molecule has 1 aliphatic carbocycles. The molecule has 2 N–H and O–H groups in total. The topological polar surface area (TPSA) is 72.9 Å². The van der Waals surface area contributed by atoms with E-state index in [-0.39, 0.29) is 24.7 Å². The normalized spacial score (nSPS) is 19.4. The molecule has 0 aliphatic heterocycles. The fourth-order valence-electron chi connectivity index (χ4n) is 3.21. The summed E-state index contributed by atoms with van der Waals surface area (Å²) < 4.78 is 0. The van der Waals surface area contributed by atoms with Crippen LogP contribution < -0.4 is 5.32 Å². The summed E-state index contributed by atoms with van der Waals surface area (Å²) in [6, 6.07) is 6.54. The van der Waals surface area contributed by atoms with Crippen molar-refractivity contribution >= 4 is 12.0 Å². The lowest BCUT2D eigenvalue weighted by molar-refractivity contribution is -0.139. The number of benzene rings is 1. The molecule has 25 heavy (non-hydrogen) atoms. The summed E-state index contributed by atoms with van der Waals surface area (Å²) in [6.45, 7) is 7.46. The lowest BCUT2D eigenvalue weighted by Gasteiger charge is -2.42. The van der Waals surface area contributed by atoms with Crippen molar-refractivity contribution in [3.63, 3.8) is 0 Å². The number of rotatable bonds is 7. The van der Waals surface area contributed by atoms with E-state index in [0.717, 1.165) is 18.4 Å². The van der Waals surface area contributed by atoms with E-state index in [1.165, 1.54) is 11.1 Å². The highest BCUT2D eigenvalue weighted by Crippen LogP contribution is 2.25. The molecule has 138 valence electrons. The van der Waals surface area contributed by atoms with Crippen LogP contribution in [0, 0.1) is 13.8 Å². The van der Waals surface area contributed by atoms with Crippen LogP contribution in [0.3, 0.4) is 0 Å². The second-order valence-corrected chi connectivity index (χ2v) is 7.00. The second-order valence-electron chi connectivity index (χ2n) is 7.00. The summed E-state index contributed by atoms with van der Waals surface area (Å²) in [5.74, 6) is -0.803. The highest BCUT2D eigenvalue weighted by Gasteiger charge is 2.35. The quantitative estimate of drug-likeness (QED) is 0.794. The van der Waals surface area contributed by atoms with Crippen LogP contribution in [-0.2, 0) is 11.3 Å². The van der Waals surface area contributed by atoms with Gasteiger partial charge in [-0.15, -0.1) is 0 Å². The molecule has 0 spiro atoms. The van der Waals surface area contributed by atoms with Crippen molar-refractivity contribution in [2.75, 3.05) is 20.1 Å². The Balaban J connectivity index is 1.78. The Labute approximate surface area is 149 Å². The van der Waals surface area contributed by atoms with Crippen molar-refractivity contribution in [3.8, 4) is 0 Å². The van der Waals surface area contributed by atoms with Gasteiger partial charge in [0.2, 0.25) is 0 Å². The van der Waals surface area contributed by atoms with Gasteiger partial charge in [-0.2, -0.15) is 0 Å². The van der Waals surface area contributed by atoms with E-state index in [1.807, 2.05) is 11.8 Å². The van der Waals surface area contributed by atoms with Crippen LogP contribution in [0.15, 0.2) is 18.2 Å². The smallest absolute Gasteiger partial charge is 0.317 e. The Morgan fingerprint density at radius 3 is 2.48 bits per heavy atom. The number of hydrogen-bond donors (Lipinski definition) is 2. The first-order valence-corrected chi connectivity index (χ1v) is 8.83. The fraction of sp³-hybridized carbons (Fsp3) is 0.579. The lowest BCUT2D eigenvalue weighted by Crippen LogP contribution is -2.56. The van der Waals surface area contributed by atoms with Crippen LogP contribution in [0.2, 0.25) is 0 Å². The minimum absolute atomic E-state index is 0.0640. The number of aryl methyl sites for hydroxylation is 2. The number of amides is 2. The Morgan fingerprint density at radius 1 is 1.24 bits per heavy atom. The first-order valence-electron chi connectivity index (χ1n) is 8.83. The Bertz CT molecular complexity index is 626. The van der Waals surface area contributed by atoms with Gasteiger partial charge >= 0.3 is 12.0 Å². The van der Waals surface area contributed by atoms with Crippen LogP contribution in [0.25, 0.3) is 0 Å². The molecule has 2 amide bonds. The van der Waals surface area contributed by atoms with Crippen molar-refractivity contribution in [2.45, 2.75) is 52.2 Å². The predicted octanol–water partition coefficient (Wildman–Crippen LogP) is 2.38. The number of carbonyl (C=O) groups is 2. The Kier molecular flexibility index (Phi) is 6.42. The van der Waals surface area contributed by atoms with Gasteiger partial charge in [0, 0.05) is 25.7 Å². The summed E-state index contributed by atoms with van der Waals surface area (Å²) >= 11 is 0. The number of urea groups is 1. The van der Waals surface area contributed by atoms with Crippen LogP contribution in [0.1, 0.15) is 36.5 Å². The molecule has 0 bridgehead atoms. The zero-order chi connectivity index (χ0) is 18.6. The Morgan fingerprint density at radius 2 is 1.92 bits per heavy atom. The van der Waals surface area contributed by atoms with Crippen LogP contribution >= 0.6 is 0 Å². The van der Waals surface area contributed by atoms with E-state index in [9.17, 15) is 9.59 Å². The lowest BCUT2D eigenvalue weighted by atomic mass is 9.85. The second kappa shape index (κ2) is 8.34. The van der Waals surface area contributed by atoms with E-state index >= 15 is 0 Å². The number of nitrogens with one attached hydrogen (secondary N) is 1. The number of likely N-dealkylation sites (N-methyl/N-ethyl adjacent to an activating group) is 1. The molecule has 1 fully saturated rings. The third-order valence-corrected chi connectivity index (χ3v) is 5.04. The largest absolute Gasteiger partial charge is 0.480 e. The summed E-state index contributed by atoms with van der Waals surface area (Å²) in [5.41, 5.74) is 3.59. The summed E-state index contributed by atoms with van der Waals surface area (Å²) in [4.78, 5) is 26.8. The molecule has 2 rings (SSSR count). The van der Waals surface area contributed by atoms with Gasteiger partial charge in [0.25, 0.3) is 0 Å². The van der Waals surface area contributed by atoms with Gasteiger partial charge in [0.1, 0.15) is 0 Å². The highest BCUT2D eigenvalue weighted by molar-refractivity contribution is 5.74. The maximum atomic E-state index is 12.3. The molecule has 0 atom stereocenters. The van der Waals surface area contributed by atoms with Crippen LogP contribution in [0.5, 0.6) is 0 Å². The molecule has 1 saturated carbocycles. The minimum Gasteiger partial charge on any atom is -0.480 e. The monoisotopic (exact) mass is 347 g/mol. The number of carbonyl (C=O) groups excluding carboxylic acids is 1. The van der Waals surface area contributed by atoms with E-state index in [1.54, 1.807) is 11.9 Å². The third kappa shape index (κ3) is 5.19. The van der Waals surface area contributed by atoms with Gasteiger partial charge in [-0.25, -0.2) is 4.79 Å². The number of hydrogen-bond acceptors (Lipinski definition) is 3. The highest BCUT2D eigenvalue weighted by atomic mass is 16.4. The standard InChI is InChI=1S/C19H29N3O3/c1-5-22(12-18(23)24)17-9-16(10-17)20-19(25)21(4)11-15-7-6-13(2)14(3)8-15/h6-8,16-17H,5,9-12H2,1-4H3,(H,20,25)(H,23,24). The van der Waals surface area contributed by atoms with E-state index < -0.39 is 5.97 Å². The van der Waals surface area contributed by atoms with Gasteiger partial charge in [-0.3, -0.25) is 9.69 Å². The molecule has 0 radical (unpaired) electrons. The zero-order valence-corrected chi connectivity index (χ0v) is 15.6.